The van der Waals surface area contributed by atoms with Gasteiger partial charge in [-0.2, -0.15) is 0 Å². The molecule has 2 amide bonds. The van der Waals surface area contributed by atoms with Crippen molar-refractivity contribution < 1.29 is 19.5 Å². The summed E-state index contributed by atoms with van der Waals surface area (Å²) in [4.78, 5) is 44.6. The van der Waals surface area contributed by atoms with E-state index in [2.05, 4.69) is 51.8 Å². The van der Waals surface area contributed by atoms with Crippen molar-refractivity contribution in [3.8, 4) is 0 Å². The molecule has 1 aromatic rings. The number of hydrogen-bond donors (Lipinski definition) is 2. The van der Waals surface area contributed by atoms with Crippen LogP contribution in [0.5, 0.6) is 0 Å². The van der Waals surface area contributed by atoms with E-state index in [1.807, 2.05) is 12.1 Å². The normalized spacial score (nSPS) is 22.6. The number of nitrogens with one attached hydrogen (secondary N) is 1. The Hall–Kier alpha value is -2.70. The molecule has 1 atom stereocenters. The van der Waals surface area contributed by atoms with Gasteiger partial charge >= 0.3 is 5.97 Å². The van der Waals surface area contributed by atoms with E-state index in [1.165, 1.54) is 0 Å². The van der Waals surface area contributed by atoms with Crippen LogP contribution in [-0.2, 0) is 9.59 Å². The van der Waals surface area contributed by atoms with Gasteiger partial charge in [0.05, 0.1) is 12.5 Å². The first-order valence-corrected chi connectivity index (χ1v) is 14.4. The first kappa shape index (κ1) is 29.9. The predicted molar refractivity (Wildman–Crippen MR) is 151 cm³/mol. The number of hydrogen-bond acceptors (Lipinski definition) is 4. The topological polar surface area (TPSA) is 99.1 Å². The minimum atomic E-state index is -0.945. The molecule has 0 bridgehead atoms. The maximum absolute atomic E-state index is 14.0. The van der Waals surface area contributed by atoms with Crippen LogP contribution in [0.4, 0.5) is 0 Å². The van der Waals surface area contributed by atoms with Gasteiger partial charge in [-0.3, -0.25) is 19.4 Å². The Morgan fingerprint density at radius 2 is 1.79 bits per heavy atom. The summed E-state index contributed by atoms with van der Waals surface area (Å²) >= 11 is 0. The van der Waals surface area contributed by atoms with Crippen LogP contribution in [0.2, 0.25) is 0 Å². The van der Waals surface area contributed by atoms with Gasteiger partial charge in [0.15, 0.2) is 0 Å². The number of nitrogens with zero attached hydrogens (tertiary/aromatic N) is 2. The van der Waals surface area contributed by atoms with Crippen molar-refractivity contribution in [3.63, 3.8) is 0 Å². The van der Waals surface area contributed by atoms with Gasteiger partial charge in [-0.1, -0.05) is 66.5 Å². The first-order chi connectivity index (χ1) is 17.9. The van der Waals surface area contributed by atoms with E-state index in [4.69, 9.17) is 10.1 Å². The van der Waals surface area contributed by atoms with E-state index < -0.39 is 11.6 Å². The summed E-state index contributed by atoms with van der Waals surface area (Å²) < 4.78 is 0. The number of carboxylic acids is 1. The maximum Gasteiger partial charge on any atom is 0.305 e. The SMILES string of the molecule is CCCC[C@H](c1ccc(C(=O)NCCC(=O)O)cc1)N1C(=O)C(CC(C)C)=NC12CCC(C(C)(C)C)CC2. The molecule has 1 aliphatic heterocycles. The van der Waals surface area contributed by atoms with Crippen molar-refractivity contribution in [2.24, 2.45) is 22.2 Å². The molecule has 1 fully saturated rings. The highest BCUT2D eigenvalue weighted by atomic mass is 16.4. The van der Waals surface area contributed by atoms with E-state index >= 15 is 0 Å². The Morgan fingerprint density at radius 1 is 1.16 bits per heavy atom. The summed E-state index contributed by atoms with van der Waals surface area (Å²) in [5, 5.41) is 11.5. The van der Waals surface area contributed by atoms with Gasteiger partial charge < -0.3 is 15.3 Å². The number of carbonyl (C=O) groups excluding carboxylic acids is 2. The van der Waals surface area contributed by atoms with Gasteiger partial charge in [0, 0.05) is 12.1 Å². The molecule has 0 radical (unpaired) electrons. The second-order valence-corrected chi connectivity index (χ2v) is 12.6. The lowest BCUT2D eigenvalue weighted by molar-refractivity contribution is -0.137. The van der Waals surface area contributed by atoms with E-state index in [0.717, 1.165) is 50.5 Å². The van der Waals surface area contributed by atoms with Gasteiger partial charge in [-0.25, -0.2) is 0 Å². The van der Waals surface area contributed by atoms with Gasteiger partial charge in [0.2, 0.25) is 0 Å². The molecule has 1 spiro atoms. The van der Waals surface area contributed by atoms with Crippen LogP contribution >= 0.6 is 0 Å². The molecule has 210 valence electrons. The van der Waals surface area contributed by atoms with E-state index in [-0.39, 0.29) is 36.2 Å². The standard InChI is InChI=1S/C31H47N3O4/c1-7-8-9-26(22-10-12-23(13-11-22)28(37)32-19-16-27(35)36)34-29(38)25(20-21(2)3)33-31(34)17-14-24(15-18-31)30(4,5)6/h10-13,21,24,26H,7-9,14-20H2,1-6H3,(H,32,37)(H,35,36)/t24?,26-,31?/m1/s1. The number of carboxylic acid groups (broad SMARTS) is 1. The number of benzene rings is 1. The van der Waals surface area contributed by atoms with Crippen molar-refractivity contribution in [1.29, 1.82) is 0 Å². The highest BCUT2D eigenvalue weighted by molar-refractivity contribution is 6.40. The molecule has 7 heteroatoms. The number of aliphatic imine (C=N–C) groups is 1. The van der Waals surface area contributed by atoms with E-state index in [9.17, 15) is 14.4 Å². The van der Waals surface area contributed by atoms with Gasteiger partial charge in [-0.05, 0) is 73.5 Å². The molecule has 1 aliphatic carbocycles. The lowest BCUT2D eigenvalue weighted by Gasteiger charge is -2.47. The number of unbranched alkanes of at least 4 members (excludes halogenated alkanes) is 1. The largest absolute Gasteiger partial charge is 0.481 e. The highest BCUT2D eigenvalue weighted by Crippen LogP contribution is 2.49. The molecule has 1 aromatic carbocycles. The van der Waals surface area contributed by atoms with Crippen molar-refractivity contribution in [3.05, 3.63) is 35.4 Å². The third-order valence-corrected chi connectivity index (χ3v) is 8.19. The monoisotopic (exact) mass is 525 g/mol. The fourth-order valence-corrected chi connectivity index (χ4v) is 6.02. The maximum atomic E-state index is 14.0. The number of amides is 2. The predicted octanol–water partition coefficient (Wildman–Crippen LogP) is 6.38. The molecular formula is C31H47N3O4. The van der Waals surface area contributed by atoms with Gasteiger partial charge in [0.25, 0.3) is 11.8 Å². The first-order valence-electron chi connectivity index (χ1n) is 14.4. The Bertz CT molecular complexity index is 1010. The zero-order valence-corrected chi connectivity index (χ0v) is 24.2. The van der Waals surface area contributed by atoms with Crippen molar-refractivity contribution in [1.82, 2.24) is 10.2 Å². The van der Waals surface area contributed by atoms with Crippen molar-refractivity contribution in [2.75, 3.05) is 6.54 Å². The van der Waals surface area contributed by atoms with Crippen LogP contribution in [0.25, 0.3) is 0 Å². The zero-order valence-electron chi connectivity index (χ0n) is 24.2. The molecule has 7 nitrogen and oxygen atoms in total. The van der Waals surface area contributed by atoms with Crippen molar-refractivity contribution in [2.45, 2.75) is 111 Å². The van der Waals surface area contributed by atoms with Crippen LogP contribution in [0, 0.1) is 17.3 Å². The second-order valence-electron chi connectivity index (χ2n) is 12.6. The molecule has 0 unspecified atom stereocenters. The summed E-state index contributed by atoms with van der Waals surface area (Å²) in [5.41, 5.74) is 1.96. The zero-order chi connectivity index (χ0) is 28.1. The minimum absolute atomic E-state index is 0.0736. The highest BCUT2D eigenvalue weighted by Gasteiger charge is 2.52. The average molecular weight is 526 g/mol. The third kappa shape index (κ3) is 7.03. The lowest BCUT2D eigenvalue weighted by Crippen LogP contribution is -2.51. The molecule has 2 aliphatic rings. The Labute approximate surface area is 228 Å². The molecule has 1 saturated carbocycles. The lowest BCUT2D eigenvalue weighted by atomic mass is 9.69. The smallest absolute Gasteiger partial charge is 0.305 e. The van der Waals surface area contributed by atoms with Crippen molar-refractivity contribution >= 4 is 23.5 Å². The number of carbonyl (C=O) groups is 3. The summed E-state index contributed by atoms with van der Waals surface area (Å²) in [6, 6.07) is 7.36. The summed E-state index contributed by atoms with van der Waals surface area (Å²) in [6.07, 6.45) is 7.33. The molecule has 0 saturated heterocycles. The Morgan fingerprint density at radius 3 is 2.32 bits per heavy atom. The number of rotatable bonds is 11. The second kappa shape index (κ2) is 12.4. The molecule has 0 aromatic heterocycles. The molecule has 1 heterocycles. The fraction of sp³-hybridized carbons (Fsp3) is 0.677. The summed E-state index contributed by atoms with van der Waals surface area (Å²) in [6.45, 7) is 13.5. The average Bonchev–Trinajstić information content (AvgIpc) is 3.09. The molecule has 3 rings (SSSR count). The third-order valence-electron chi connectivity index (χ3n) is 8.19. The van der Waals surface area contributed by atoms with Crippen LogP contribution < -0.4 is 5.32 Å². The van der Waals surface area contributed by atoms with Gasteiger partial charge in [-0.15, -0.1) is 0 Å². The van der Waals surface area contributed by atoms with Gasteiger partial charge in [0.1, 0.15) is 11.4 Å². The van der Waals surface area contributed by atoms with Crippen LogP contribution in [-0.4, -0.2) is 45.7 Å². The van der Waals surface area contributed by atoms with E-state index in [1.54, 1.807) is 12.1 Å². The Kier molecular flexibility index (Phi) is 9.77. The van der Waals surface area contributed by atoms with Crippen LogP contribution in [0.15, 0.2) is 29.3 Å². The summed E-state index contributed by atoms with van der Waals surface area (Å²) in [5.74, 6) is -0.195. The molecule has 2 N–H and O–H groups in total. The minimum Gasteiger partial charge on any atom is -0.481 e. The van der Waals surface area contributed by atoms with Crippen LogP contribution in [0.3, 0.4) is 0 Å². The molecular weight excluding hydrogens is 478 g/mol. The molecule has 38 heavy (non-hydrogen) atoms. The van der Waals surface area contributed by atoms with E-state index in [0.29, 0.717) is 29.5 Å². The van der Waals surface area contributed by atoms with Crippen LogP contribution in [0.1, 0.15) is 121 Å². The number of aliphatic carboxylic acids is 1. The summed E-state index contributed by atoms with van der Waals surface area (Å²) in [7, 11) is 0. The quantitative estimate of drug-likeness (QED) is 0.350. The fourth-order valence-electron chi connectivity index (χ4n) is 6.02. The Balaban J connectivity index is 1.91.